The molecule has 3 saturated heterocycles. The Labute approximate surface area is 167 Å². The van der Waals surface area contributed by atoms with Gasteiger partial charge < -0.3 is 15.0 Å². The van der Waals surface area contributed by atoms with E-state index in [1.807, 2.05) is 24.3 Å². The molecule has 1 aliphatic carbocycles. The first kappa shape index (κ1) is 18.0. The van der Waals surface area contributed by atoms with Crippen LogP contribution in [0.15, 0.2) is 35.9 Å². The van der Waals surface area contributed by atoms with Crippen LogP contribution >= 0.6 is 0 Å². The zero-order valence-electron chi connectivity index (χ0n) is 16.8. The fourth-order valence-corrected chi connectivity index (χ4v) is 6.07. The van der Waals surface area contributed by atoms with Crippen molar-refractivity contribution in [3.63, 3.8) is 0 Å². The summed E-state index contributed by atoms with van der Waals surface area (Å²) in [6.07, 6.45) is 10.1. The van der Waals surface area contributed by atoms with Gasteiger partial charge in [-0.2, -0.15) is 0 Å². The standard InChI is InChI=1S/C23H31N3O2/c1-28-20-9-7-19(8-10-20)24-23(27)26-12-4-5-16-13-17-14-18(22(16)26)15-25-11-3-2-6-21(17)25/h7-10,13,17-18,21-22H,2-6,11-12,14-15H2,1H3,(H,24,27)/t17-,18-,21?,22?/m1/s1. The number of benzene rings is 1. The third-order valence-electron chi connectivity index (χ3n) is 7.26. The first-order valence-corrected chi connectivity index (χ1v) is 10.9. The molecular formula is C23H31N3O2. The van der Waals surface area contributed by atoms with Crippen molar-refractivity contribution in [2.24, 2.45) is 11.8 Å². The number of carbonyl (C=O) groups is 1. The number of rotatable bonds is 2. The highest BCUT2D eigenvalue weighted by Gasteiger charge is 2.46. The molecular weight excluding hydrogens is 350 g/mol. The van der Waals surface area contributed by atoms with E-state index in [4.69, 9.17) is 4.74 Å². The molecule has 3 fully saturated rings. The first-order chi connectivity index (χ1) is 13.7. The molecule has 2 bridgehead atoms. The fraction of sp³-hybridized carbons (Fsp3) is 0.609. The summed E-state index contributed by atoms with van der Waals surface area (Å²) in [4.78, 5) is 18.0. The number of urea groups is 1. The van der Waals surface area contributed by atoms with E-state index in [2.05, 4.69) is 21.2 Å². The Morgan fingerprint density at radius 3 is 2.82 bits per heavy atom. The van der Waals surface area contributed by atoms with Gasteiger partial charge in [0.05, 0.1) is 13.2 Å². The van der Waals surface area contributed by atoms with Crippen molar-refractivity contribution in [2.45, 2.75) is 50.6 Å². The van der Waals surface area contributed by atoms with Crippen LogP contribution in [0.5, 0.6) is 5.75 Å². The van der Waals surface area contributed by atoms with Crippen LogP contribution in [0.25, 0.3) is 0 Å². The SMILES string of the molecule is COc1ccc(NC(=O)N2CCCC3=C[C@@H]4C[C@H](CN5CCCCC45)C32)cc1. The van der Waals surface area contributed by atoms with Gasteiger partial charge in [-0.3, -0.25) is 4.90 Å². The van der Waals surface area contributed by atoms with Crippen LogP contribution in [0.4, 0.5) is 10.5 Å². The highest BCUT2D eigenvalue weighted by atomic mass is 16.5. The second-order valence-electron chi connectivity index (χ2n) is 8.86. The number of carbonyl (C=O) groups excluding carboxylic acids is 1. The van der Waals surface area contributed by atoms with Crippen molar-refractivity contribution >= 4 is 11.7 Å². The van der Waals surface area contributed by atoms with Crippen LogP contribution in [0.3, 0.4) is 0 Å². The minimum Gasteiger partial charge on any atom is -0.497 e. The van der Waals surface area contributed by atoms with Crippen molar-refractivity contribution < 1.29 is 9.53 Å². The van der Waals surface area contributed by atoms with Gasteiger partial charge in [-0.05, 0) is 74.8 Å². The lowest BCUT2D eigenvalue weighted by Gasteiger charge is -2.54. The second kappa shape index (κ2) is 7.43. The summed E-state index contributed by atoms with van der Waals surface area (Å²) in [5, 5.41) is 3.12. The molecule has 28 heavy (non-hydrogen) atoms. The highest BCUT2D eigenvalue weighted by molar-refractivity contribution is 5.90. The maximum absolute atomic E-state index is 13.2. The Morgan fingerprint density at radius 1 is 1.14 bits per heavy atom. The first-order valence-electron chi connectivity index (χ1n) is 10.9. The van der Waals surface area contributed by atoms with Crippen molar-refractivity contribution in [1.82, 2.24) is 9.80 Å². The Kier molecular flexibility index (Phi) is 4.79. The summed E-state index contributed by atoms with van der Waals surface area (Å²) in [5.74, 6) is 2.09. The van der Waals surface area contributed by atoms with Gasteiger partial charge in [0, 0.05) is 24.8 Å². The number of fused-ring (bicyclic) bond motifs is 6. The van der Waals surface area contributed by atoms with E-state index in [9.17, 15) is 4.79 Å². The van der Waals surface area contributed by atoms with Crippen LogP contribution in [0, 0.1) is 11.8 Å². The number of hydrogen-bond donors (Lipinski definition) is 1. The predicted molar refractivity (Wildman–Crippen MR) is 111 cm³/mol. The van der Waals surface area contributed by atoms with Gasteiger partial charge in [-0.15, -0.1) is 0 Å². The van der Waals surface area contributed by atoms with E-state index in [1.54, 1.807) is 7.11 Å². The predicted octanol–water partition coefficient (Wildman–Crippen LogP) is 4.12. The molecule has 0 aromatic heterocycles. The average molecular weight is 382 g/mol. The molecule has 1 N–H and O–H groups in total. The highest BCUT2D eigenvalue weighted by Crippen LogP contribution is 2.45. The number of amides is 2. The van der Waals surface area contributed by atoms with Gasteiger partial charge in [0.1, 0.15) is 5.75 Å². The molecule has 3 aliphatic heterocycles. The number of nitrogens with zero attached hydrogens (tertiary/aromatic N) is 2. The zero-order valence-corrected chi connectivity index (χ0v) is 16.8. The minimum absolute atomic E-state index is 0.0417. The Bertz CT molecular complexity index is 760. The van der Waals surface area contributed by atoms with Gasteiger partial charge in [0.15, 0.2) is 0 Å². The summed E-state index contributed by atoms with van der Waals surface area (Å²) in [6, 6.07) is 8.67. The van der Waals surface area contributed by atoms with Crippen molar-refractivity contribution in [2.75, 3.05) is 32.1 Å². The molecule has 5 heteroatoms. The topological polar surface area (TPSA) is 44.8 Å². The summed E-state index contributed by atoms with van der Waals surface area (Å²) >= 11 is 0. The van der Waals surface area contributed by atoms with E-state index < -0.39 is 0 Å². The van der Waals surface area contributed by atoms with Gasteiger partial charge in [0.25, 0.3) is 0 Å². The summed E-state index contributed by atoms with van der Waals surface area (Å²) < 4.78 is 5.21. The van der Waals surface area contributed by atoms with Crippen LogP contribution < -0.4 is 10.1 Å². The lowest BCUT2D eigenvalue weighted by molar-refractivity contribution is 0.00908. The van der Waals surface area contributed by atoms with Gasteiger partial charge >= 0.3 is 6.03 Å². The Hall–Kier alpha value is -2.01. The van der Waals surface area contributed by atoms with Crippen LogP contribution in [-0.4, -0.2) is 54.7 Å². The third kappa shape index (κ3) is 3.20. The van der Waals surface area contributed by atoms with E-state index in [0.29, 0.717) is 11.8 Å². The van der Waals surface area contributed by atoms with Crippen molar-refractivity contribution in [3.05, 3.63) is 35.9 Å². The van der Waals surface area contributed by atoms with E-state index in [-0.39, 0.29) is 12.1 Å². The van der Waals surface area contributed by atoms with E-state index >= 15 is 0 Å². The smallest absolute Gasteiger partial charge is 0.322 e. The van der Waals surface area contributed by atoms with Gasteiger partial charge in [0.2, 0.25) is 0 Å². The number of hydrogen-bond acceptors (Lipinski definition) is 3. The van der Waals surface area contributed by atoms with Crippen LogP contribution in [0.2, 0.25) is 0 Å². The number of anilines is 1. The summed E-state index contributed by atoms with van der Waals surface area (Å²) in [7, 11) is 1.66. The molecule has 1 aromatic carbocycles. The fourth-order valence-electron chi connectivity index (χ4n) is 6.07. The molecule has 0 spiro atoms. The molecule has 150 valence electrons. The number of ether oxygens (including phenoxy) is 1. The molecule has 3 heterocycles. The number of nitrogens with one attached hydrogen (secondary N) is 1. The zero-order chi connectivity index (χ0) is 19.1. The largest absolute Gasteiger partial charge is 0.497 e. The average Bonchev–Trinajstić information content (AvgIpc) is 2.74. The molecule has 5 nitrogen and oxygen atoms in total. The molecule has 1 aromatic rings. The molecule has 2 amide bonds. The molecule has 0 saturated carbocycles. The van der Waals surface area contributed by atoms with E-state index in [0.717, 1.165) is 43.4 Å². The number of piperidine rings is 3. The minimum atomic E-state index is 0.0417. The quantitative estimate of drug-likeness (QED) is 0.784. The third-order valence-corrected chi connectivity index (χ3v) is 7.26. The van der Waals surface area contributed by atoms with Crippen LogP contribution in [0.1, 0.15) is 38.5 Å². The van der Waals surface area contributed by atoms with Gasteiger partial charge in [-0.25, -0.2) is 4.79 Å². The normalized spacial score (nSPS) is 32.0. The lowest BCUT2D eigenvalue weighted by Crippen LogP contribution is -2.60. The lowest BCUT2D eigenvalue weighted by atomic mass is 9.68. The maximum atomic E-state index is 13.2. The monoisotopic (exact) mass is 381 g/mol. The summed E-state index contributed by atoms with van der Waals surface area (Å²) in [6.45, 7) is 3.26. The van der Waals surface area contributed by atoms with Crippen molar-refractivity contribution in [3.8, 4) is 5.75 Å². The molecule has 0 radical (unpaired) electrons. The molecule has 4 aliphatic rings. The van der Waals surface area contributed by atoms with Gasteiger partial charge in [-0.1, -0.05) is 18.1 Å². The Morgan fingerprint density at radius 2 is 2.00 bits per heavy atom. The summed E-state index contributed by atoms with van der Waals surface area (Å²) in [5.41, 5.74) is 2.36. The number of likely N-dealkylation sites (tertiary alicyclic amines) is 1. The van der Waals surface area contributed by atoms with E-state index in [1.165, 1.54) is 37.8 Å². The van der Waals surface area contributed by atoms with Crippen molar-refractivity contribution in [1.29, 1.82) is 0 Å². The maximum Gasteiger partial charge on any atom is 0.322 e. The number of methoxy groups -OCH3 is 1. The molecule has 5 rings (SSSR count). The Balaban J connectivity index is 1.35. The molecule has 4 atom stereocenters. The second-order valence-corrected chi connectivity index (χ2v) is 8.86. The van der Waals surface area contributed by atoms with Crippen LogP contribution in [-0.2, 0) is 0 Å². The molecule has 2 unspecified atom stereocenters.